The largest absolute Gasteiger partial charge is 0.463 e. The molecule has 2 heterocycles. The zero-order valence-electron chi connectivity index (χ0n) is 24.3. The molecule has 2 aliphatic heterocycles. The van der Waals surface area contributed by atoms with E-state index in [4.69, 9.17) is 17.0 Å². The number of rotatable bonds is 6. The van der Waals surface area contributed by atoms with Gasteiger partial charge in [-0.25, -0.2) is 14.0 Å². The molecule has 43 heavy (non-hydrogen) atoms. The van der Waals surface area contributed by atoms with Crippen LogP contribution in [0.1, 0.15) is 54.3 Å². The molecule has 2 atom stereocenters. The fourth-order valence-corrected chi connectivity index (χ4v) is 5.15. The number of allylic oxidation sites excluding steroid dienone is 2. The van der Waals surface area contributed by atoms with E-state index in [0.717, 1.165) is 5.56 Å². The van der Waals surface area contributed by atoms with Crippen LogP contribution in [0.2, 0.25) is 0 Å². The van der Waals surface area contributed by atoms with Crippen molar-refractivity contribution in [3.8, 4) is 0 Å². The van der Waals surface area contributed by atoms with E-state index < -0.39 is 18.1 Å². The standard InChI is InChI=1S/C19H18N2O2.C14H15FN2O2S/c1-13-16(18(22)15-11-7-4-8-12-15)17(20-19(23)21(13)2)14-9-5-3-6-10-14;1-3-19-13(18)11-8(2)16-14(20)17-12(11)9-5-4-6-10(15)7-9/h3-12,17H,1-2H3,(H,20,23);4-7,12H,3H2,1-2H3,(H2,16,17,20). The van der Waals surface area contributed by atoms with E-state index in [-0.39, 0.29) is 24.2 Å². The van der Waals surface area contributed by atoms with Crippen molar-refractivity contribution < 1.29 is 23.5 Å². The van der Waals surface area contributed by atoms with Gasteiger partial charge in [0.05, 0.1) is 24.3 Å². The van der Waals surface area contributed by atoms with Crippen LogP contribution in [0, 0.1) is 5.82 Å². The number of esters is 1. The second kappa shape index (κ2) is 13.9. The molecule has 3 N–H and O–H groups in total. The molecule has 2 unspecified atom stereocenters. The average Bonchev–Trinajstić information content (AvgIpc) is 3.00. The van der Waals surface area contributed by atoms with Crippen molar-refractivity contribution in [1.82, 2.24) is 20.9 Å². The number of halogens is 1. The first-order valence-electron chi connectivity index (χ1n) is 13.7. The van der Waals surface area contributed by atoms with Gasteiger partial charge in [-0.15, -0.1) is 0 Å². The summed E-state index contributed by atoms with van der Waals surface area (Å²) >= 11 is 5.09. The van der Waals surface area contributed by atoms with Gasteiger partial charge in [-0.3, -0.25) is 4.79 Å². The lowest BCUT2D eigenvalue weighted by atomic mass is 9.89. The van der Waals surface area contributed by atoms with Gasteiger partial charge in [-0.2, -0.15) is 0 Å². The quantitative estimate of drug-likeness (QED) is 0.189. The third-order valence-electron chi connectivity index (χ3n) is 7.11. The molecule has 0 fully saturated rings. The fraction of sp³-hybridized carbons (Fsp3) is 0.212. The summed E-state index contributed by atoms with van der Waals surface area (Å²) in [6, 6.07) is 23.6. The minimum Gasteiger partial charge on any atom is -0.463 e. The van der Waals surface area contributed by atoms with Crippen LogP contribution in [0.15, 0.2) is 107 Å². The van der Waals surface area contributed by atoms with Crippen LogP contribution in [0.3, 0.4) is 0 Å². The number of nitrogens with zero attached hydrogens (tertiary/aromatic N) is 1. The predicted molar refractivity (Wildman–Crippen MR) is 166 cm³/mol. The van der Waals surface area contributed by atoms with Crippen molar-refractivity contribution in [1.29, 1.82) is 0 Å². The van der Waals surface area contributed by atoms with E-state index in [2.05, 4.69) is 16.0 Å². The Kier molecular flexibility index (Phi) is 10.0. The molecule has 0 saturated carbocycles. The maximum absolute atomic E-state index is 13.4. The summed E-state index contributed by atoms with van der Waals surface area (Å²) in [5.41, 5.74) is 4.43. The average molecular weight is 601 g/mol. The van der Waals surface area contributed by atoms with Crippen molar-refractivity contribution >= 4 is 35.1 Å². The zero-order valence-corrected chi connectivity index (χ0v) is 25.1. The highest BCUT2D eigenvalue weighted by molar-refractivity contribution is 7.80. The van der Waals surface area contributed by atoms with Crippen molar-refractivity contribution in [2.45, 2.75) is 32.9 Å². The summed E-state index contributed by atoms with van der Waals surface area (Å²) < 4.78 is 18.4. The minimum atomic E-state index is -0.515. The topological polar surface area (TPSA) is 99.8 Å². The zero-order chi connectivity index (χ0) is 31.1. The van der Waals surface area contributed by atoms with Crippen LogP contribution in [0.5, 0.6) is 0 Å². The van der Waals surface area contributed by atoms with Gasteiger partial charge in [0.1, 0.15) is 5.82 Å². The number of carbonyl (C=O) groups excluding carboxylic acids is 3. The molecule has 0 aromatic heterocycles. The smallest absolute Gasteiger partial charge is 0.338 e. The van der Waals surface area contributed by atoms with E-state index in [1.807, 2.05) is 55.5 Å². The van der Waals surface area contributed by atoms with E-state index in [1.54, 1.807) is 45.2 Å². The molecule has 0 aliphatic carbocycles. The Balaban J connectivity index is 0.000000199. The highest BCUT2D eigenvalue weighted by atomic mass is 32.1. The van der Waals surface area contributed by atoms with E-state index in [1.165, 1.54) is 17.0 Å². The van der Waals surface area contributed by atoms with Crippen molar-refractivity contribution in [2.75, 3.05) is 13.7 Å². The lowest BCUT2D eigenvalue weighted by Crippen LogP contribution is -2.46. The molecule has 3 aromatic rings. The van der Waals surface area contributed by atoms with Gasteiger partial charge in [0, 0.05) is 29.6 Å². The monoisotopic (exact) mass is 600 g/mol. The molecule has 5 rings (SSSR count). The van der Waals surface area contributed by atoms with Gasteiger partial charge in [0.25, 0.3) is 0 Å². The molecule has 0 spiro atoms. The Labute approximate surface area is 255 Å². The Hall–Kier alpha value is -4.83. The van der Waals surface area contributed by atoms with Gasteiger partial charge >= 0.3 is 12.0 Å². The van der Waals surface area contributed by atoms with Crippen molar-refractivity contribution in [3.63, 3.8) is 0 Å². The molecular weight excluding hydrogens is 567 g/mol. The number of benzene rings is 3. The third kappa shape index (κ3) is 7.15. The maximum atomic E-state index is 13.4. The lowest BCUT2D eigenvalue weighted by Gasteiger charge is -2.33. The summed E-state index contributed by atoms with van der Waals surface area (Å²) in [5.74, 6) is -0.875. The SMILES string of the molecule is CC1=C(C(=O)c2ccccc2)C(c2ccccc2)NC(=O)N1C.CCOC(=O)C1=C(C)NC(=S)NC1c1cccc(F)c1. The third-order valence-corrected chi connectivity index (χ3v) is 7.33. The molecule has 2 aliphatic rings. The van der Waals surface area contributed by atoms with Crippen molar-refractivity contribution in [3.05, 3.63) is 130 Å². The summed E-state index contributed by atoms with van der Waals surface area (Å²) in [6.45, 7) is 5.56. The number of hydrogen-bond acceptors (Lipinski definition) is 5. The molecule has 10 heteroatoms. The predicted octanol–water partition coefficient (Wildman–Crippen LogP) is 5.72. The van der Waals surface area contributed by atoms with Crippen LogP contribution in [0.4, 0.5) is 9.18 Å². The van der Waals surface area contributed by atoms with Gasteiger partial charge < -0.3 is 25.6 Å². The first kappa shape index (κ1) is 31.1. The number of nitrogens with one attached hydrogen (secondary N) is 3. The Bertz CT molecular complexity index is 1590. The number of urea groups is 1. The molecule has 8 nitrogen and oxygen atoms in total. The first-order chi connectivity index (χ1) is 20.6. The highest BCUT2D eigenvalue weighted by Crippen LogP contribution is 2.32. The molecule has 222 valence electrons. The number of carbonyl (C=O) groups is 3. The Morgan fingerprint density at radius 1 is 0.884 bits per heavy atom. The molecule has 0 bridgehead atoms. The Morgan fingerprint density at radius 3 is 2.12 bits per heavy atom. The number of amides is 2. The van der Waals surface area contributed by atoms with Crippen LogP contribution >= 0.6 is 12.2 Å². The summed E-state index contributed by atoms with van der Waals surface area (Å²) in [5, 5.41) is 9.18. The summed E-state index contributed by atoms with van der Waals surface area (Å²) in [4.78, 5) is 38.7. The number of hydrogen-bond donors (Lipinski definition) is 3. The van der Waals surface area contributed by atoms with Crippen LogP contribution in [-0.2, 0) is 9.53 Å². The second-order valence-electron chi connectivity index (χ2n) is 9.89. The molecule has 2 amide bonds. The molecule has 0 saturated heterocycles. The highest BCUT2D eigenvalue weighted by Gasteiger charge is 2.34. The van der Waals surface area contributed by atoms with Gasteiger partial charge in [0.2, 0.25) is 0 Å². The van der Waals surface area contributed by atoms with E-state index in [9.17, 15) is 18.8 Å². The summed E-state index contributed by atoms with van der Waals surface area (Å²) in [6.07, 6.45) is 0. The van der Waals surface area contributed by atoms with Gasteiger partial charge in [0.15, 0.2) is 10.9 Å². The number of ketones is 1. The number of Topliss-reactive ketones (excluding diaryl/α,β-unsaturated/α-hetero) is 1. The van der Waals surface area contributed by atoms with Crippen LogP contribution in [0.25, 0.3) is 0 Å². The normalized spacial score (nSPS) is 18.1. The van der Waals surface area contributed by atoms with Crippen molar-refractivity contribution in [2.24, 2.45) is 0 Å². The Morgan fingerprint density at radius 2 is 1.49 bits per heavy atom. The van der Waals surface area contributed by atoms with Crippen LogP contribution < -0.4 is 16.0 Å². The molecule has 0 radical (unpaired) electrons. The fourth-order valence-electron chi connectivity index (χ4n) is 4.88. The minimum absolute atomic E-state index is 0.0659. The van der Waals surface area contributed by atoms with E-state index in [0.29, 0.717) is 38.8 Å². The maximum Gasteiger partial charge on any atom is 0.338 e. The second-order valence-corrected chi connectivity index (χ2v) is 10.3. The first-order valence-corrected chi connectivity index (χ1v) is 14.1. The summed E-state index contributed by atoms with van der Waals surface area (Å²) in [7, 11) is 1.67. The van der Waals surface area contributed by atoms with E-state index >= 15 is 0 Å². The number of ether oxygens (including phenoxy) is 1. The number of thiocarbonyl (C=S) groups is 1. The van der Waals surface area contributed by atoms with Gasteiger partial charge in [-0.05, 0) is 56.2 Å². The van der Waals surface area contributed by atoms with Crippen LogP contribution in [-0.4, -0.2) is 41.5 Å². The molecular formula is C33H33FN4O4S. The molecule has 3 aromatic carbocycles. The lowest BCUT2D eigenvalue weighted by molar-refractivity contribution is -0.139. The van der Waals surface area contributed by atoms with Gasteiger partial charge in [-0.1, -0.05) is 72.8 Å².